The number of benzene rings is 1. The van der Waals surface area contributed by atoms with Gasteiger partial charge in [0.15, 0.2) is 4.34 Å². The Hall–Kier alpha value is -1.30. The summed E-state index contributed by atoms with van der Waals surface area (Å²) in [6.45, 7) is 19.3. The molecule has 2 N–H and O–H groups in total. The van der Waals surface area contributed by atoms with Crippen molar-refractivity contribution in [2.24, 2.45) is 39.9 Å². The third-order valence-corrected chi connectivity index (χ3v) is 15.8. The van der Waals surface area contributed by atoms with Gasteiger partial charge in [-0.3, -0.25) is 0 Å². The van der Waals surface area contributed by atoms with E-state index >= 15 is 0 Å². The first kappa shape index (κ1) is 34.6. The molecule has 0 spiro atoms. The SMILES string of the molecule is CCCCCSc1nc2c(NC3CC4=C(CC[C@@]5(C)C4CC[C@@H]5[C@H](C)CCC=C(C)C)[C@@]4(C)CC[C@H](O)C(C)(C)[C@H]34)cccc2s1. The normalized spacial score (nSPS) is 34.2. The van der Waals surface area contributed by atoms with Crippen LogP contribution in [-0.4, -0.2) is 28.0 Å². The minimum absolute atomic E-state index is 0.124. The topological polar surface area (TPSA) is 45.2 Å². The van der Waals surface area contributed by atoms with Crippen LogP contribution in [0.1, 0.15) is 132 Å². The number of nitrogens with zero attached hydrogens (tertiary/aromatic N) is 1. The Morgan fingerprint density at radius 2 is 1.93 bits per heavy atom. The van der Waals surface area contributed by atoms with Crippen LogP contribution in [0.3, 0.4) is 0 Å². The molecular weight excluding hydrogens is 601 g/mol. The summed E-state index contributed by atoms with van der Waals surface area (Å²) in [7, 11) is 0. The minimum Gasteiger partial charge on any atom is -0.393 e. The highest BCUT2D eigenvalue weighted by molar-refractivity contribution is 8.01. The van der Waals surface area contributed by atoms with Gasteiger partial charge in [-0.2, -0.15) is 0 Å². The molecule has 8 atom stereocenters. The van der Waals surface area contributed by atoms with E-state index in [4.69, 9.17) is 4.98 Å². The Bertz CT molecular complexity index is 1450. The van der Waals surface area contributed by atoms with Crippen molar-refractivity contribution in [2.75, 3.05) is 11.1 Å². The van der Waals surface area contributed by atoms with Crippen LogP contribution in [0, 0.1) is 39.9 Å². The average Bonchev–Trinajstić information content (AvgIpc) is 3.58. The zero-order valence-corrected chi connectivity index (χ0v) is 31.8. The van der Waals surface area contributed by atoms with Crippen LogP contribution in [0.15, 0.2) is 45.3 Å². The van der Waals surface area contributed by atoms with Gasteiger partial charge in [0, 0.05) is 11.8 Å². The van der Waals surface area contributed by atoms with Crippen molar-refractivity contribution < 1.29 is 5.11 Å². The van der Waals surface area contributed by atoms with E-state index < -0.39 is 0 Å². The summed E-state index contributed by atoms with van der Waals surface area (Å²) in [6.07, 6.45) is 17.0. The van der Waals surface area contributed by atoms with Gasteiger partial charge in [-0.25, -0.2) is 4.98 Å². The van der Waals surface area contributed by atoms with Gasteiger partial charge >= 0.3 is 0 Å². The highest BCUT2D eigenvalue weighted by atomic mass is 32.2. The third kappa shape index (κ3) is 6.17. The van der Waals surface area contributed by atoms with Gasteiger partial charge in [0.1, 0.15) is 5.52 Å². The monoisotopic (exact) mass is 662 g/mol. The van der Waals surface area contributed by atoms with Crippen molar-refractivity contribution in [3.8, 4) is 0 Å². The van der Waals surface area contributed by atoms with E-state index in [1.807, 2.05) is 28.7 Å². The zero-order chi connectivity index (χ0) is 32.9. The molecular formula is C41H62N2OS2. The number of unbranched alkanes of at least 4 members (excludes halogenated alkanes) is 2. The maximum Gasteiger partial charge on any atom is 0.151 e. The maximum absolute atomic E-state index is 11.5. The van der Waals surface area contributed by atoms with Gasteiger partial charge < -0.3 is 10.4 Å². The van der Waals surface area contributed by atoms with Crippen LogP contribution in [0.4, 0.5) is 5.69 Å². The number of thiazole rings is 1. The van der Waals surface area contributed by atoms with E-state index in [9.17, 15) is 5.11 Å². The first-order chi connectivity index (χ1) is 21.9. The van der Waals surface area contributed by atoms with Gasteiger partial charge in [0.2, 0.25) is 0 Å². The van der Waals surface area contributed by atoms with Crippen molar-refractivity contribution in [3.05, 3.63) is 41.0 Å². The van der Waals surface area contributed by atoms with Crippen molar-refractivity contribution in [1.82, 2.24) is 4.98 Å². The Balaban J connectivity index is 1.33. The molecule has 254 valence electrons. The number of nitrogens with one attached hydrogen (secondary N) is 1. The molecule has 0 saturated heterocycles. The van der Waals surface area contributed by atoms with Crippen LogP contribution in [0.25, 0.3) is 10.2 Å². The molecule has 2 fully saturated rings. The number of aromatic nitrogens is 1. The van der Waals surface area contributed by atoms with E-state index in [1.165, 1.54) is 78.1 Å². The molecule has 3 nitrogen and oxygen atoms in total. The molecule has 5 heteroatoms. The molecule has 1 heterocycles. The molecule has 2 unspecified atom stereocenters. The van der Waals surface area contributed by atoms with E-state index in [0.29, 0.717) is 17.3 Å². The summed E-state index contributed by atoms with van der Waals surface area (Å²) in [6, 6.07) is 7.03. The van der Waals surface area contributed by atoms with Gasteiger partial charge in [0.05, 0.1) is 16.5 Å². The number of rotatable bonds is 11. The van der Waals surface area contributed by atoms with Crippen LogP contribution >= 0.6 is 23.1 Å². The maximum atomic E-state index is 11.5. The van der Waals surface area contributed by atoms with Crippen molar-refractivity contribution in [3.63, 3.8) is 0 Å². The van der Waals surface area contributed by atoms with Gasteiger partial charge in [-0.1, -0.05) is 95.0 Å². The molecule has 4 aliphatic carbocycles. The molecule has 2 saturated carbocycles. The second-order valence-electron chi connectivity index (χ2n) is 17.0. The number of aliphatic hydroxyl groups is 1. The van der Waals surface area contributed by atoms with E-state index in [1.54, 1.807) is 5.57 Å². The molecule has 1 aromatic carbocycles. The second kappa shape index (κ2) is 13.5. The first-order valence-electron chi connectivity index (χ1n) is 18.7. The average molecular weight is 663 g/mol. The third-order valence-electron chi connectivity index (χ3n) is 13.5. The number of hydrogen-bond donors (Lipinski definition) is 2. The Morgan fingerprint density at radius 3 is 2.70 bits per heavy atom. The number of aliphatic hydroxyl groups excluding tert-OH is 1. The summed E-state index contributed by atoms with van der Waals surface area (Å²) in [5.41, 5.74) is 7.77. The van der Waals surface area contributed by atoms with Gasteiger partial charge in [-0.05, 0) is 130 Å². The van der Waals surface area contributed by atoms with Crippen LogP contribution in [0.5, 0.6) is 0 Å². The molecule has 4 aliphatic rings. The summed E-state index contributed by atoms with van der Waals surface area (Å²) in [5.74, 6) is 3.82. The van der Waals surface area contributed by atoms with Crippen LogP contribution in [0.2, 0.25) is 0 Å². The summed E-state index contributed by atoms with van der Waals surface area (Å²) in [4.78, 5) is 5.21. The quantitative estimate of drug-likeness (QED) is 0.143. The van der Waals surface area contributed by atoms with Crippen LogP contribution in [-0.2, 0) is 0 Å². The summed E-state index contributed by atoms with van der Waals surface area (Å²) in [5, 5.41) is 15.7. The largest absolute Gasteiger partial charge is 0.393 e. The van der Waals surface area contributed by atoms with Crippen molar-refractivity contribution >= 4 is 39.0 Å². The predicted octanol–water partition coefficient (Wildman–Crippen LogP) is 12.1. The first-order valence-corrected chi connectivity index (χ1v) is 20.5. The lowest BCUT2D eigenvalue weighted by Crippen LogP contribution is -2.60. The molecule has 1 aromatic heterocycles. The molecule has 0 amide bonds. The van der Waals surface area contributed by atoms with Crippen LogP contribution < -0.4 is 5.32 Å². The Morgan fingerprint density at radius 1 is 1.13 bits per heavy atom. The smallest absolute Gasteiger partial charge is 0.151 e. The zero-order valence-electron chi connectivity index (χ0n) is 30.2. The highest BCUT2D eigenvalue weighted by Gasteiger charge is 2.61. The molecule has 0 radical (unpaired) electrons. The van der Waals surface area contributed by atoms with E-state index in [0.717, 1.165) is 42.4 Å². The molecule has 0 bridgehead atoms. The number of thioether (sulfide) groups is 1. The fourth-order valence-electron chi connectivity index (χ4n) is 11.2. The molecule has 0 aliphatic heterocycles. The molecule has 46 heavy (non-hydrogen) atoms. The Kier molecular flexibility index (Phi) is 10.2. The lowest BCUT2D eigenvalue weighted by atomic mass is 9.44. The highest BCUT2D eigenvalue weighted by Crippen LogP contribution is 2.68. The lowest BCUT2D eigenvalue weighted by molar-refractivity contribution is -0.0974. The number of anilines is 1. The predicted molar refractivity (Wildman–Crippen MR) is 201 cm³/mol. The van der Waals surface area contributed by atoms with Gasteiger partial charge in [-0.15, -0.1) is 11.3 Å². The number of fused-ring (bicyclic) bond motifs is 5. The van der Waals surface area contributed by atoms with E-state index in [-0.39, 0.29) is 23.0 Å². The lowest BCUT2D eigenvalue weighted by Gasteiger charge is -2.62. The second-order valence-corrected chi connectivity index (χ2v) is 19.4. The standard InChI is InChI=1S/C41H62N2OS2/c1-9-10-11-24-45-38-43-36-32(16-13-17-34(36)46-38)42-33-25-28-30-19-18-29(27(4)15-12-14-26(2)3)40(30,7)22-20-31(28)41(8)23-21-35(44)39(5,6)37(33)41/h13-14,16-17,27,29-30,33,35,37,42,44H,9-12,15,18-25H2,1-8H3/t27-,29-,30?,33?,35+,37+,40-,41-/m1/s1. The molecule has 2 aromatic rings. The van der Waals surface area contributed by atoms with E-state index in [2.05, 4.69) is 85.0 Å². The minimum atomic E-state index is -0.260. The van der Waals surface area contributed by atoms with Crippen molar-refractivity contribution in [2.45, 2.75) is 149 Å². The summed E-state index contributed by atoms with van der Waals surface area (Å²) < 4.78 is 2.49. The molecule has 6 rings (SSSR count). The van der Waals surface area contributed by atoms with Gasteiger partial charge in [0.25, 0.3) is 0 Å². The summed E-state index contributed by atoms with van der Waals surface area (Å²) >= 11 is 3.78. The fraction of sp³-hybridized carbons (Fsp3) is 0.732. The van der Waals surface area contributed by atoms with Crippen molar-refractivity contribution in [1.29, 1.82) is 0 Å². The number of hydrogen-bond acceptors (Lipinski definition) is 5. The number of para-hydroxylation sites is 1. The Labute approximate surface area is 288 Å². The fourth-order valence-corrected chi connectivity index (χ4v) is 13.4. The number of allylic oxidation sites excluding steroid dienone is 3.